The molecule has 0 radical (unpaired) electrons. The second kappa shape index (κ2) is 9.28. The Bertz CT molecular complexity index is 923. The van der Waals surface area contributed by atoms with Crippen LogP contribution in [0.3, 0.4) is 0 Å². The van der Waals surface area contributed by atoms with Crippen LogP contribution in [-0.4, -0.2) is 37.6 Å². The number of para-hydroxylation sites is 1. The summed E-state index contributed by atoms with van der Waals surface area (Å²) in [5, 5.41) is 6.77. The summed E-state index contributed by atoms with van der Waals surface area (Å²) in [5.74, 6) is 2.02. The van der Waals surface area contributed by atoms with Crippen LogP contribution in [0.5, 0.6) is 0 Å². The SMILES string of the molecule is CN=C(NCc1coc(-c2ccccc2)n1)NCC1CCN(c2ccccc2)C1. The maximum atomic E-state index is 5.59. The van der Waals surface area contributed by atoms with Crippen LogP contribution in [0.2, 0.25) is 0 Å². The molecule has 2 aromatic carbocycles. The highest BCUT2D eigenvalue weighted by molar-refractivity contribution is 5.79. The van der Waals surface area contributed by atoms with Crippen molar-refractivity contribution < 1.29 is 4.42 Å². The molecular weight excluding hydrogens is 362 g/mol. The van der Waals surface area contributed by atoms with Crippen molar-refractivity contribution in [1.29, 1.82) is 0 Å². The van der Waals surface area contributed by atoms with Crippen LogP contribution in [0, 0.1) is 5.92 Å². The molecule has 6 nitrogen and oxygen atoms in total. The van der Waals surface area contributed by atoms with Gasteiger partial charge < -0.3 is 20.0 Å². The molecule has 1 aliphatic heterocycles. The van der Waals surface area contributed by atoms with Crippen molar-refractivity contribution in [3.63, 3.8) is 0 Å². The molecule has 1 saturated heterocycles. The number of guanidine groups is 1. The molecule has 0 spiro atoms. The van der Waals surface area contributed by atoms with E-state index in [0.717, 1.165) is 36.9 Å². The Morgan fingerprint density at radius 2 is 1.86 bits per heavy atom. The van der Waals surface area contributed by atoms with Gasteiger partial charge in [0.25, 0.3) is 0 Å². The number of aromatic nitrogens is 1. The lowest BCUT2D eigenvalue weighted by Crippen LogP contribution is -2.40. The van der Waals surface area contributed by atoms with Gasteiger partial charge in [0.1, 0.15) is 6.26 Å². The molecule has 1 atom stereocenters. The van der Waals surface area contributed by atoms with Gasteiger partial charge in [0.05, 0.1) is 12.2 Å². The lowest BCUT2D eigenvalue weighted by atomic mass is 10.1. The van der Waals surface area contributed by atoms with E-state index in [1.165, 1.54) is 12.1 Å². The quantitative estimate of drug-likeness (QED) is 0.499. The van der Waals surface area contributed by atoms with E-state index >= 15 is 0 Å². The standard InChI is InChI=1S/C23H27N5O/c1-24-23(25-14-18-12-13-28(16-18)21-10-6-3-7-11-21)26-15-20-17-29-22(27-20)19-8-4-2-5-9-19/h2-11,17-18H,12-16H2,1H3,(H2,24,25,26). The summed E-state index contributed by atoms with van der Waals surface area (Å²) in [6.07, 6.45) is 2.87. The van der Waals surface area contributed by atoms with Crippen molar-refractivity contribution in [2.24, 2.45) is 10.9 Å². The normalized spacial score (nSPS) is 16.8. The van der Waals surface area contributed by atoms with Crippen molar-refractivity contribution in [3.8, 4) is 11.5 Å². The lowest BCUT2D eigenvalue weighted by Gasteiger charge is -2.19. The topological polar surface area (TPSA) is 65.7 Å². The van der Waals surface area contributed by atoms with Gasteiger partial charge in [0.15, 0.2) is 5.96 Å². The zero-order valence-corrected chi connectivity index (χ0v) is 16.7. The number of aliphatic imine (C=N–C) groups is 1. The maximum absolute atomic E-state index is 5.59. The van der Waals surface area contributed by atoms with Crippen molar-refractivity contribution in [2.45, 2.75) is 13.0 Å². The van der Waals surface area contributed by atoms with E-state index in [1.54, 1.807) is 13.3 Å². The van der Waals surface area contributed by atoms with Crippen LogP contribution in [0.25, 0.3) is 11.5 Å². The van der Waals surface area contributed by atoms with Crippen LogP contribution in [0.15, 0.2) is 76.3 Å². The Balaban J connectivity index is 1.24. The Morgan fingerprint density at radius 1 is 1.10 bits per heavy atom. The highest BCUT2D eigenvalue weighted by atomic mass is 16.3. The molecule has 1 unspecified atom stereocenters. The second-order valence-corrected chi connectivity index (χ2v) is 7.25. The van der Waals surface area contributed by atoms with E-state index in [-0.39, 0.29) is 0 Å². The fourth-order valence-corrected chi connectivity index (χ4v) is 3.61. The molecule has 0 saturated carbocycles. The summed E-state index contributed by atoms with van der Waals surface area (Å²) in [5.41, 5.74) is 3.13. The molecule has 29 heavy (non-hydrogen) atoms. The number of rotatable bonds is 6. The van der Waals surface area contributed by atoms with Gasteiger partial charge in [-0.15, -0.1) is 0 Å². The third-order valence-electron chi connectivity index (χ3n) is 5.20. The number of nitrogens with one attached hydrogen (secondary N) is 2. The van der Waals surface area contributed by atoms with Crippen LogP contribution in [0.4, 0.5) is 5.69 Å². The number of benzene rings is 2. The minimum Gasteiger partial charge on any atom is -0.444 e. The molecule has 4 rings (SSSR count). The van der Waals surface area contributed by atoms with Crippen molar-refractivity contribution in [2.75, 3.05) is 31.6 Å². The van der Waals surface area contributed by atoms with Gasteiger partial charge in [-0.1, -0.05) is 36.4 Å². The summed E-state index contributed by atoms with van der Waals surface area (Å²) >= 11 is 0. The Kier molecular flexibility index (Phi) is 6.10. The number of hydrogen-bond donors (Lipinski definition) is 2. The largest absolute Gasteiger partial charge is 0.444 e. The second-order valence-electron chi connectivity index (χ2n) is 7.25. The highest BCUT2D eigenvalue weighted by Gasteiger charge is 2.22. The zero-order chi connectivity index (χ0) is 19.9. The number of oxazole rings is 1. The Hall–Kier alpha value is -3.28. The molecule has 1 aromatic heterocycles. The smallest absolute Gasteiger partial charge is 0.226 e. The monoisotopic (exact) mass is 389 g/mol. The van der Waals surface area contributed by atoms with Crippen molar-refractivity contribution >= 4 is 11.6 Å². The average Bonchev–Trinajstić information content (AvgIpc) is 3.45. The van der Waals surface area contributed by atoms with Crippen molar-refractivity contribution in [1.82, 2.24) is 15.6 Å². The molecule has 6 heteroatoms. The summed E-state index contributed by atoms with van der Waals surface area (Å²) in [4.78, 5) is 11.3. The van der Waals surface area contributed by atoms with Gasteiger partial charge in [-0.05, 0) is 36.6 Å². The van der Waals surface area contributed by atoms with Crippen LogP contribution >= 0.6 is 0 Å². The summed E-state index contributed by atoms with van der Waals surface area (Å²) in [6, 6.07) is 20.5. The first-order valence-corrected chi connectivity index (χ1v) is 10.1. The highest BCUT2D eigenvalue weighted by Crippen LogP contribution is 2.23. The van der Waals surface area contributed by atoms with Gasteiger partial charge in [-0.25, -0.2) is 4.98 Å². The number of anilines is 1. The fourth-order valence-electron chi connectivity index (χ4n) is 3.61. The third-order valence-corrected chi connectivity index (χ3v) is 5.20. The van der Waals surface area contributed by atoms with Crippen LogP contribution in [0.1, 0.15) is 12.1 Å². The molecule has 1 fully saturated rings. The van der Waals surface area contributed by atoms with Gasteiger partial charge in [0, 0.05) is 37.9 Å². The molecule has 0 bridgehead atoms. The fraction of sp³-hybridized carbons (Fsp3) is 0.304. The lowest BCUT2D eigenvalue weighted by molar-refractivity contribution is 0.564. The van der Waals surface area contributed by atoms with Gasteiger partial charge in [-0.2, -0.15) is 0 Å². The molecule has 0 amide bonds. The van der Waals surface area contributed by atoms with Gasteiger partial charge in [0.2, 0.25) is 5.89 Å². The predicted molar refractivity (Wildman–Crippen MR) is 117 cm³/mol. The van der Waals surface area contributed by atoms with E-state index in [1.807, 2.05) is 30.3 Å². The van der Waals surface area contributed by atoms with E-state index < -0.39 is 0 Å². The summed E-state index contributed by atoms with van der Waals surface area (Å²) in [7, 11) is 1.79. The summed E-state index contributed by atoms with van der Waals surface area (Å²) < 4.78 is 5.59. The summed E-state index contributed by atoms with van der Waals surface area (Å²) in [6.45, 7) is 3.63. The minimum atomic E-state index is 0.566. The van der Waals surface area contributed by atoms with Crippen molar-refractivity contribution in [3.05, 3.63) is 72.6 Å². The molecule has 150 valence electrons. The van der Waals surface area contributed by atoms with Gasteiger partial charge >= 0.3 is 0 Å². The Morgan fingerprint density at radius 3 is 2.62 bits per heavy atom. The molecular formula is C23H27N5O. The molecule has 2 heterocycles. The molecule has 1 aliphatic rings. The molecule has 2 N–H and O–H groups in total. The first kappa shape index (κ1) is 19.1. The van der Waals surface area contributed by atoms with Crippen LogP contribution < -0.4 is 15.5 Å². The number of hydrogen-bond acceptors (Lipinski definition) is 4. The van der Waals surface area contributed by atoms with E-state index in [0.29, 0.717) is 18.4 Å². The first-order chi connectivity index (χ1) is 14.3. The molecule has 0 aliphatic carbocycles. The third kappa shape index (κ3) is 4.96. The average molecular weight is 390 g/mol. The zero-order valence-electron chi connectivity index (χ0n) is 16.7. The predicted octanol–water partition coefficient (Wildman–Crippen LogP) is 3.53. The first-order valence-electron chi connectivity index (χ1n) is 10.1. The maximum Gasteiger partial charge on any atom is 0.226 e. The van der Waals surface area contributed by atoms with E-state index in [4.69, 9.17) is 4.42 Å². The van der Waals surface area contributed by atoms with E-state index in [9.17, 15) is 0 Å². The Labute approximate surface area is 171 Å². The minimum absolute atomic E-state index is 0.566. The van der Waals surface area contributed by atoms with E-state index in [2.05, 4.69) is 55.8 Å². The molecule has 3 aromatic rings. The van der Waals surface area contributed by atoms with Gasteiger partial charge in [-0.3, -0.25) is 4.99 Å². The number of nitrogens with zero attached hydrogens (tertiary/aromatic N) is 3. The van der Waals surface area contributed by atoms with Crippen LogP contribution in [-0.2, 0) is 6.54 Å².